The Balaban J connectivity index is 3.10. The van der Waals surface area contributed by atoms with E-state index in [0.29, 0.717) is 41.8 Å². The molecule has 0 aromatic heterocycles. The Bertz CT molecular complexity index is 584. The molecule has 126 valence electrons. The van der Waals surface area contributed by atoms with Gasteiger partial charge in [-0.1, -0.05) is 18.5 Å². The molecule has 1 unspecified atom stereocenters. The van der Waals surface area contributed by atoms with E-state index in [4.69, 9.17) is 26.3 Å². The van der Waals surface area contributed by atoms with Gasteiger partial charge in [0.15, 0.2) is 11.5 Å². The highest BCUT2D eigenvalue weighted by molar-refractivity contribution is 6.32. The molecule has 0 spiro atoms. The van der Waals surface area contributed by atoms with E-state index in [-0.39, 0.29) is 11.8 Å². The molecule has 1 aromatic carbocycles. The fourth-order valence-electron chi connectivity index (χ4n) is 2.10. The summed E-state index contributed by atoms with van der Waals surface area (Å²) in [5, 5.41) is 9.27. The van der Waals surface area contributed by atoms with Gasteiger partial charge >= 0.3 is 0 Å². The summed E-state index contributed by atoms with van der Waals surface area (Å²) in [5.74, 6) is 0.458. The van der Waals surface area contributed by atoms with Crippen LogP contribution in [0.4, 0.5) is 0 Å². The molecule has 0 radical (unpaired) electrons. The van der Waals surface area contributed by atoms with Crippen LogP contribution in [0.25, 0.3) is 0 Å². The van der Waals surface area contributed by atoms with Gasteiger partial charge in [-0.2, -0.15) is 5.26 Å². The standard InChI is InChI=1S/C17H23ClN2O3/c1-5-7-23-16-14(18)8-13(9-15(16)22-4)17(21)20(6-2)11-12(3)10-19/h8-9,12H,5-7,11H2,1-4H3. The van der Waals surface area contributed by atoms with Crippen LogP contribution in [0.15, 0.2) is 12.1 Å². The van der Waals surface area contributed by atoms with E-state index in [1.165, 1.54) is 7.11 Å². The number of ether oxygens (including phenoxy) is 2. The lowest BCUT2D eigenvalue weighted by atomic mass is 10.1. The summed E-state index contributed by atoms with van der Waals surface area (Å²) in [7, 11) is 1.51. The lowest BCUT2D eigenvalue weighted by molar-refractivity contribution is 0.0752. The topological polar surface area (TPSA) is 62.6 Å². The largest absolute Gasteiger partial charge is 0.493 e. The fraction of sp³-hybridized carbons (Fsp3) is 0.529. The minimum Gasteiger partial charge on any atom is -0.493 e. The van der Waals surface area contributed by atoms with Crippen molar-refractivity contribution in [2.45, 2.75) is 27.2 Å². The molecule has 23 heavy (non-hydrogen) atoms. The van der Waals surface area contributed by atoms with E-state index in [0.717, 1.165) is 6.42 Å². The van der Waals surface area contributed by atoms with Gasteiger partial charge in [-0.15, -0.1) is 0 Å². The second-order valence-electron chi connectivity index (χ2n) is 5.21. The van der Waals surface area contributed by atoms with Crippen molar-refractivity contribution in [1.29, 1.82) is 5.26 Å². The van der Waals surface area contributed by atoms with Gasteiger partial charge in [-0.3, -0.25) is 4.79 Å². The molecule has 1 atom stereocenters. The number of rotatable bonds is 8. The number of hydrogen-bond donors (Lipinski definition) is 0. The summed E-state index contributed by atoms with van der Waals surface area (Å²) < 4.78 is 10.9. The first-order chi connectivity index (χ1) is 11.0. The molecule has 5 nitrogen and oxygen atoms in total. The number of benzene rings is 1. The zero-order valence-electron chi connectivity index (χ0n) is 14.1. The highest BCUT2D eigenvalue weighted by atomic mass is 35.5. The Labute approximate surface area is 142 Å². The maximum absolute atomic E-state index is 12.6. The molecule has 6 heteroatoms. The van der Waals surface area contributed by atoms with E-state index in [9.17, 15) is 4.79 Å². The lowest BCUT2D eigenvalue weighted by Gasteiger charge is -2.23. The van der Waals surface area contributed by atoms with Crippen molar-refractivity contribution in [1.82, 2.24) is 4.90 Å². The van der Waals surface area contributed by atoms with Crippen molar-refractivity contribution >= 4 is 17.5 Å². The molecule has 1 aromatic rings. The molecule has 0 aliphatic rings. The van der Waals surface area contributed by atoms with Gasteiger partial charge < -0.3 is 14.4 Å². The Morgan fingerprint density at radius 3 is 2.65 bits per heavy atom. The van der Waals surface area contributed by atoms with Crippen LogP contribution in [-0.2, 0) is 0 Å². The summed E-state index contributed by atoms with van der Waals surface area (Å²) in [6, 6.07) is 5.34. The number of carbonyl (C=O) groups is 1. The summed E-state index contributed by atoms with van der Waals surface area (Å²) in [4.78, 5) is 14.3. The maximum atomic E-state index is 12.6. The Morgan fingerprint density at radius 1 is 1.43 bits per heavy atom. The zero-order chi connectivity index (χ0) is 17.4. The monoisotopic (exact) mass is 338 g/mol. The number of methoxy groups -OCH3 is 1. The van der Waals surface area contributed by atoms with Crippen LogP contribution in [0, 0.1) is 17.2 Å². The van der Waals surface area contributed by atoms with Gasteiger partial charge in [0.05, 0.1) is 30.7 Å². The van der Waals surface area contributed by atoms with Crippen molar-refractivity contribution < 1.29 is 14.3 Å². The van der Waals surface area contributed by atoms with E-state index in [1.807, 2.05) is 13.8 Å². The minimum absolute atomic E-state index is 0.183. The molecule has 0 fully saturated rings. The number of amides is 1. The molecule has 0 bridgehead atoms. The lowest BCUT2D eigenvalue weighted by Crippen LogP contribution is -2.34. The van der Waals surface area contributed by atoms with Gasteiger partial charge in [-0.05, 0) is 32.4 Å². The highest BCUT2D eigenvalue weighted by Gasteiger charge is 2.20. The molecule has 0 aliphatic heterocycles. The van der Waals surface area contributed by atoms with Crippen molar-refractivity contribution in [2.24, 2.45) is 5.92 Å². The molecule has 0 saturated heterocycles. The third kappa shape index (κ3) is 5.04. The summed E-state index contributed by atoms with van der Waals surface area (Å²) in [6.07, 6.45) is 0.843. The van der Waals surface area contributed by atoms with Gasteiger partial charge in [0.25, 0.3) is 5.91 Å². The number of carbonyl (C=O) groups excluding carboxylic acids is 1. The average molecular weight is 339 g/mol. The Morgan fingerprint density at radius 2 is 2.13 bits per heavy atom. The molecular formula is C17H23ClN2O3. The summed E-state index contributed by atoms with van der Waals surface area (Å²) in [6.45, 7) is 7.06. The molecule has 0 heterocycles. The van der Waals surface area contributed by atoms with Gasteiger partial charge in [0, 0.05) is 18.7 Å². The molecule has 0 N–H and O–H groups in total. The van der Waals surface area contributed by atoms with Crippen LogP contribution in [0.1, 0.15) is 37.6 Å². The van der Waals surface area contributed by atoms with Crippen LogP contribution in [0.3, 0.4) is 0 Å². The maximum Gasteiger partial charge on any atom is 0.254 e. The third-order valence-corrected chi connectivity index (χ3v) is 3.59. The minimum atomic E-state index is -0.233. The number of hydrogen-bond acceptors (Lipinski definition) is 4. The Hall–Kier alpha value is -1.93. The van der Waals surface area contributed by atoms with Crippen molar-refractivity contribution in [3.05, 3.63) is 22.7 Å². The first-order valence-corrected chi connectivity index (χ1v) is 8.05. The molecule has 1 amide bonds. The van der Waals surface area contributed by atoms with E-state index in [2.05, 4.69) is 6.07 Å². The normalized spacial score (nSPS) is 11.5. The molecule has 0 saturated carbocycles. The van der Waals surface area contributed by atoms with Crippen LogP contribution in [0.2, 0.25) is 5.02 Å². The predicted octanol–water partition coefficient (Wildman–Crippen LogP) is 3.76. The first kappa shape index (κ1) is 19.1. The number of halogens is 1. The van der Waals surface area contributed by atoms with E-state index < -0.39 is 0 Å². The van der Waals surface area contributed by atoms with Crippen molar-refractivity contribution in [3.8, 4) is 17.6 Å². The zero-order valence-corrected chi connectivity index (χ0v) is 14.8. The molecule has 1 rings (SSSR count). The average Bonchev–Trinajstić information content (AvgIpc) is 2.56. The number of nitriles is 1. The van der Waals surface area contributed by atoms with Crippen molar-refractivity contribution in [2.75, 3.05) is 26.8 Å². The predicted molar refractivity (Wildman–Crippen MR) is 90.1 cm³/mol. The van der Waals surface area contributed by atoms with Crippen molar-refractivity contribution in [3.63, 3.8) is 0 Å². The highest BCUT2D eigenvalue weighted by Crippen LogP contribution is 2.36. The molecular weight excluding hydrogens is 316 g/mol. The molecule has 0 aliphatic carbocycles. The van der Waals surface area contributed by atoms with Crippen LogP contribution in [0.5, 0.6) is 11.5 Å². The van der Waals surface area contributed by atoms with E-state index in [1.54, 1.807) is 24.0 Å². The van der Waals surface area contributed by atoms with Crippen LogP contribution < -0.4 is 9.47 Å². The summed E-state index contributed by atoms with van der Waals surface area (Å²) >= 11 is 6.25. The smallest absolute Gasteiger partial charge is 0.254 e. The summed E-state index contributed by atoms with van der Waals surface area (Å²) in [5.41, 5.74) is 0.419. The van der Waals surface area contributed by atoms with Gasteiger partial charge in [0.2, 0.25) is 0 Å². The first-order valence-electron chi connectivity index (χ1n) is 7.67. The third-order valence-electron chi connectivity index (χ3n) is 3.31. The Kier molecular flexibility index (Phi) is 7.70. The second kappa shape index (κ2) is 9.26. The quantitative estimate of drug-likeness (QED) is 0.724. The van der Waals surface area contributed by atoms with Crippen LogP contribution in [-0.4, -0.2) is 37.6 Å². The van der Waals surface area contributed by atoms with Crippen LogP contribution >= 0.6 is 11.6 Å². The second-order valence-corrected chi connectivity index (χ2v) is 5.62. The van der Waals surface area contributed by atoms with Gasteiger partial charge in [-0.25, -0.2) is 0 Å². The fourth-order valence-corrected chi connectivity index (χ4v) is 2.36. The SMILES string of the molecule is CCCOc1c(Cl)cc(C(=O)N(CC)CC(C)C#N)cc1OC. The number of nitrogens with zero attached hydrogens (tertiary/aromatic N) is 2. The van der Waals surface area contributed by atoms with Gasteiger partial charge in [0.1, 0.15) is 0 Å². The van der Waals surface area contributed by atoms with E-state index >= 15 is 0 Å².